The van der Waals surface area contributed by atoms with Crippen LogP contribution in [0.4, 0.5) is 4.79 Å². The van der Waals surface area contributed by atoms with Crippen LogP contribution < -0.4 is 10.6 Å². The van der Waals surface area contributed by atoms with Crippen LogP contribution in [0.1, 0.15) is 45.4 Å². The van der Waals surface area contributed by atoms with E-state index in [9.17, 15) is 9.59 Å². The summed E-state index contributed by atoms with van der Waals surface area (Å²) >= 11 is 1.58. The van der Waals surface area contributed by atoms with Crippen LogP contribution in [-0.4, -0.2) is 41.7 Å². The quantitative estimate of drug-likeness (QED) is 0.643. The van der Waals surface area contributed by atoms with Crippen molar-refractivity contribution in [3.8, 4) is 0 Å². The van der Waals surface area contributed by atoms with Gasteiger partial charge in [-0.05, 0) is 43.1 Å². The second-order valence-electron chi connectivity index (χ2n) is 5.82. The van der Waals surface area contributed by atoms with Gasteiger partial charge >= 0.3 is 12.0 Å². The first-order chi connectivity index (χ1) is 10.1. The number of carbonyl (C=O) groups excluding carboxylic acids is 1. The number of carbonyl (C=O) groups is 2. The molecule has 0 heterocycles. The van der Waals surface area contributed by atoms with Gasteiger partial charge in [0.15, 0.2) is 0 Å². The zero-order chi connectivity index (χ0) is 15.7. The Labute approximate surface area is 131 Å². The molecule has 1 aliphatic rings. The molecule has 6 heteroatoms. The third-order valence-corrected chi connectivity index (χ3v) is 4.95. The highest BCUT2D eigenvalue weighted by molar-refractivity contribution is 7.98. The summed E-state index contributed by atoms with van der Waals surface area (Å²) in [6.45, 7) is 2.88. The molecule has 0 aliphatic heterocycles. The van der Waals surface area contributed by atoms with Crippen molar-refractivity contribution in [3.05, 3.63) is 0 Å². The van der Waals surface area contributed by atoms with Crippen molar-refractivity contribution >= 4 is 23.8 Å². The maximum Gasteiger partial charge on any atom is 0.326 e. The Balaban J connectivity index is 2.25. The van der Waals surface area contributed by atoms with E-state index in [1.54, 1.807) is 11.8 Å². The molecule has 1 rings (SSSR count). The number of carboxylic acids is 1. The summed E-state index contributed by atoms with van der Waals surface area (Å²) in [7, 11) is 0. The fourth-order valence-electron chi connectivity index (χ4n) is 2.78. The van der Waals surface area contributed by atoms with Gasteiger partial charge in [-0.25, -0.2) is 9.59 Å². The molecule has 3 N–H and O–H groups in total. The minimum atomic E-state index is -0.970. The third-order valence-electron chi connectivity index (χ3n) is 4.31. The minimum absolute atomic E-state index is 0.360. The molecule has 2 amide bonds. The molecule has 1 aliphatic carbocycles. The van der Waals surface area contributed by atoms with Crippen molar-refractivity contribution in [2.24, 2.45) is 11.8 Å². The number of nitrogens with one attached hydrogen (secondary N) is 2. The highest BCUT2D eigenvalue weighted by Crippen LogP contribution is 2.29. The molecule has 0 aromatic heterocycles. The highest BCUT2D eigenvalue weighted by Gasteiger charge is 2.22. The van der Waals surface area contributed by atoms with E-state index >= 15 is 0 Å². The summed E-state index contributed by atoms with van der Waals surface area (Å²) in [5.74, 6) is 1.13. The molecule has 122 valence electrons. The van der Waals surface area contributed by atoms with Crippen molar-refractivity contribution < 1.29 is 14.7 Å². The number of aliphatic carboxylic acids is 1. The van der Waals surface area contributed by atoms with Crippen LogP contribution >= 0.6 is 11.8 Å². The van der Waals surface area contributed by atoms with Crippen molar-refractivity contribution in [2.75, 3.05) is 18.6 Å². The van der Waals surface area contributed by atoms with Crippen LogP contribution in [0.15, 0.2) is 0 Å². The zero-order valence-electron chi connectivity index (χ0n) is 13.1. The van der Waals surface area contributed by atoms with Gasteiger partial charge in [0, 0.05) is 6.54 Å². The number of urea groups is 1. The van der Waals surface area contributed by atoms with E-state index in [1.165, 1.54) is 19.3 Å². The fourth-order valence-corrected chi connectivity index (χ4v) is 3.25. The van der Waals surface area contributed by atoms with Gasteiger partial charge in [0.05, 0.1) is 0 Å². The van der Waals surface area contributed by atoms with Gasteiger partial charge in [-0.1, -0.05) is 26.2 Å². The average molecular weight is 316 g/mol. The third kappa shape index (κ3) is 7.07. The molecule has 1 atom stereocenters. The number of carboxylic acid groups (broad SMARTS) is 1. The summed E-state index contributed by atoms with van der Waals surface area (Å²) in [5, 5.41) is 14.4. The number of rotatable bonds is 8. The average Bonchev–Trinajstić information content (AvgIpc) is 2.49. The molecule has 1 fully saturated rings. The molecule has 5 nitrogen and oxygen atoms in total. The SMILES string of the molecule is CCC1CCC(CNC(=O)N[C@H](CCSC)C(=O)O)CC1. The molecule has 1 saturated carbocycles. The Morgan fingerprint density at radius 1 is 1.24 bits per heavy atom. The van der Waals surface area contributed by atoms with Crippen LogP contribution in [0.3, 0.4) is 0 Å². The van der Waals surface area contributed by atoms with Crippen LogP contribution in [0.25, 0.3) is 0 Å². The van der Waals surface area contributed by atoms with E-state index in [-0.39, 0.29) is 6.03 Å². The standard InChI is InChI=1S/C15H28N2O3S/c1-3-11-4-6-12(7-5-11)10-16-15(20)17-13(14(18)19)8-9-21-2/h11-13H,3-10H2,1-2H3,(H,18,19)(H2,16,17,20)/t11?,12?,13-/m1/s1. The van der Waals surface area contributed by atoms with Gasteiger partial charge in [0.1, 0.15) is 6.04 Å². The maximum absolute atomic E-state index is 11.8. The Morgan fingerprint density at radius 2 is 1.86 bits per heavy atom. The first kappa shape index (κ1) is 18.1. The minimum Gasteiger partial charge on any atom is -0.480 e. The molecule has 0 aromatic rings. The molecular weight excluding hydrogens is 288 g/mol. The van der Waals surface area contributed by atoms with Crippen molar-refractivity contribution in [3.63, 3.8) is 0 Å². The predicted octanol–water partition coefficient (Wildman–Crippen LogP) is 2.71. The first-order valence-corrected chi connectivity index (χ1v) is 9.22. The molecular formula is C15H28N2O3S. The summed E-state index contributed by atoms with van der Waals surface area (Å²) in [6, 6.07) is -1.16. The second-order valence-corrected chi connectivity index (χ2v) is 6.81. The molecule has 0 saturated heterocycles. The van der Waals surface area contributed by atoms with Crippen LogP contribution in [0, 0.1) is 11.8 Å². The number of hydrogen-bond donors (Lipinski definition) is 3. The van der Waals surface area contributed by atoms with Gasteiger partial charge in [-0.2, -0.15) is 11.8 Å². The number of amides is 2. The summed E-state index contributed by atoms with van der Waals surface area (Å²) in [4.78, 5) is 22.9. The highest BCUT2D eigenvalue weighted by atomic mass is 32.2. The lowest BCUT2D eigenvalue weighted by Gasteiger charge is -2.28. The van der Waals surface area contributed by atoms with Crippen molar-refractivity contribution in [1.29, 1.82) is 0 Å². The largest absolute Gasteiger partial charge is 0.480 e. The Kier molecular flexibility index (Phi) is 8.57. The van der Waals surface area contributed by atoms with Gasteiger partial charge in [0.2, 0.25) is 0 Å². The lowest BCUT2D eigenvalue weighted by atomic mass is 9.81. The first-order valence-electron chi connectivity index (χ1n) is 7.82. The van der Waals surface area contributed by atoms with E-state index in [0.717, 1.165) is 24.5 Å². The Morgan fingerprint density at radius 3 is 2.38 bits per heavy atom. The fraction of sp³-hybridized carbons (Fsp3) is 0.867. The van der Waals surface area contributed by atoms with E-state index in [2.05, 4.69) is 17.6 Å². The normalized spacial score (nSPS) is 23.3. The van der Waals surface area contributed by atoms with Crippen molar-refractivity contribution in [1.82, 2.24) is 10.6 Å². The number of hydrogen-bond acceptors (Lipinski definition) is 3. The monoisotopic (exact) mass is 316 g/mol. The lowest BCUT2D eigenvalue weighted by molar-refractivity contribution is -0.139. The van der Waals surface area contributed by atoms with Gasteiger partial charge in [0.25, 0.3) is 0 Å². The summed E-state index contributed by atoms with van der Waals surface area (Å²) < 4.78 is 0. The van der Waals surface area contributed by atoms with Crippen molar-refractivity contribution in [2.45, 2.75) is 51.5 Å². The Bertz CT molecular complexity index is 331. The number of thioether (sulfide) groups is 1. The van der Waals surface area contributed by atoms with Gasteiger partial charge in [-0.15, -0.1) is 0 Å². The molecule has 21 heavy (non-hydrogen) atoms. The maximum atomic E-state index is 11.8. The van der Waals surface area contributed by atoms with E-state index < -0.39 is 12.0 Å². The summed E-state index contributed by atoms with van der Waals surface area (Å²) in [5.41, 5.74) is 0. The van der Waals surface area contributed by atoms with Gasteiger partial charge < -0.3 is 15.7 Å². The van der Waals surface area contributed by atoms with Crippen LogP contribution in [-0.2, 0) is 4.79 Å². The molecule has 0 spiro atoms. The van der Waals surface area contributed by atoms with Crippen LogP contribution in [0.5, 0.6) is 0 Å². The van der Waals surface area contributed by atoms with Gasteiger partial charge in [-0.3, -0.25) is 0 Å². The van der Waals surface area contributed by atoms with E-state index in [1.807, 2.05) is 6.26 Å². The molecule has 0 radical (unpaired) electrons. The zero-order valence-corrected chi connectivity index (χ0v) is 13.9. The van der Waals surface area contributed by atoms with E-state index in [4.69, 9.17) is 5.11 Å². The lowest BCUT2D eigenvalue weighted by Crippen LogP contribution is -2.47. The summed E-state index contributed by atoms with van der Waals surface area (Å²) in [6.07, 6.45) is 8.43. The Hall–Kier alpha value is -0.910. The molecule has 0 bridgehead atoms. The molecule has 0 aromatic carbocycles. The topological polar surface area (TPSA) is 78.4 Å². The predicted molar refractivity (Wildman–Crippen MR) is 86.7 cm³/mol. The smallest absolute Gasteiger partial charge is 0.326 e. The van der Waals surface area contributed by atoms with E-state index in [0.29, 0.717) is 18.9 Å². The molecule has 0 unspecified atom stereocenters. The second kappa shape index (κ2) is 9.92. The van der Waals surface area contributed by atoms with Crippen LogP contribution in [0.2, 0.25) is 0 Å².